The Bertz CT molecular complexity index is 949. The first kappa shape index (κ1) is 21.2. The Kier molecular flexibility index (Phi) is 5.58. The fourth-order valence-electron chi connectivity index (χ4n) is 2.44. The predicted molar refractivity (Wildman–Crippen MR) is 96.9 cm³/mol. The van der Waals surface area contributed by atoms with Crippen LogP contribution in [-0.2, 0) is 22.4 Å². The number of hydrogen-bond acceptors (Lipinski definition) is 6. The zero-order valence-corrected chi connectivity index (χ0v) is 16.3. The van der Waals surface area contributed by atoms with Crippen molar-refractivity contribution in [2.75, 3.05) is 11.6 Å². The minimum absolute atomic E-state index is 0.0809. The lowest BCUT2D eigenvalue weighted by Crippen LogP contribution is -2.33. The molecule has 0 spiro atoms. The van der Waals surface area contributed by atoms with Gasteiger partial charge in [-0.25, -0.2) is 8.42 Å². The van der Waals surface area contributed by atoms with Gasteiger partial charge in [-0.2, -0.15) is 13.2 Å². The highest BCUT2D eigenvalue weighted by atomic mass is 32.2. The maximum Gasteiger partial charge on any atom is 0.416 e. The summed E-state index contributed by atoms with van der Waals surface area (Å²) in [6, 6.07) is 5.63. The Morgan fingerprint density at radius 1 is 1.19 bits per heavy atom. The number of hydrogen-bond donors (Lipinski definition) is 1. The number of thiophene rings is 1. The van der Waals surface area contributed by atoms with E-state index in [9.17, 15) is 31.7 Å². The Balaban J connectivity index is 2.25. The molecule has 0 radical (unpaired) electrons. The summed E-state index contributed by atoms with van der Waals surface area (Å²) in [5, 5.41) is 14.2. The third-order valence-corrected chi connectivity index (χ3v) is 6.47. The molecule has 2 rings (SSSR count). The van der Waals surface area contributed by atoms with Gasteiger partial charge in [0.2, 0.25) is 0 Å². The Labute approximate surface area is 158 Å². The zero-order chi connectivity index (χ0) is 20.6. The summed E-state index contributed by atoms with van der Waals surface area (Å²) in [5.41, 5.74) is -1.29. The van der Waals surface area contributed by atoms with Crippen molar-refractivity contribution >= 4 is 31.9 Å². The van der Waals surface area contributed by atoms with Gasteiger partial charge in [0.15, 0.2) is 14.8 Å². The quantitative estimate of drug-likeness (QED) is 0.546. The van der Waals surface area contributed by atoms with Crippen LogP contribution in [0.25, 0.3) is 0 Å². The molecule has 11 heteroatoms. The van der Waals surface area contributed by atoms with Crippen molar-refractivity contribution in [2.45, 2.75) is 36.2 Å². The molecule has 0 aliphatic rings. The lowest BCUT2D eigenvalue weighted by atomic mass is 9.94. The van der Waals surface area contributed by atoms with Crippen LogP contribution < -0.4 is 5.32 Å². The van der Waals surface area contributed by atoms with E-state index in [4.69, 9.17) is 0 Å². The fourth-order valence-corrected chi connectivity index (χ4v) is 4.56. The highest BCUT2D eigenvalue weighted by molar-refractivity contribution is 7.92. The normalized spacial score (nSPS) is 12.8. The van der Waals surface area contributed by atoms with Crippen molar-refractivity contribution in [1.82, 2.24) is 0 Å². The first-order chi connectivity index (χ1) is 12.2. The van der Waals surface area contributed by atoms with Crippen molar-refractivity contribution in [1.29, 1.82) is 0 Å². The zero-order valence-electron chi connectivity index (χ0n) is 14.6. The monoisotopic (exact) mass is 422 g/mol. The van der Waals surface area contributed by atoms with E-state index in [1.54, 1.807) is 13.8 Å². The van der Waals surface area contributed by atoms with Crippen LogP contribution in [0.15, 0.2) is 34.5 Å². The SMILES string of the molecule is CC(C)(Cc1ccc(C(F)(F)F)cc1)Nc1sc(S(C)(=O)=O)cc1[N+](=O)[O-]. The summed E-state index contributed by atoms with van der Waals surface area (Å²) < 4.78 is 61.1. The summed E-state index contributed by atoms with van der Waals surface area (Å²) in [6.07, 6.45) is -3.19. The van der Waals surface area contributed by atoms with Gasteiger partial charge in [-0.3, -0.25) is 10.1 Å². The van der Waals surface area contributed by atoms with Gasteiger partial charge < -0.3 is 5.32 Å². The molecule has 0 unspecified atom stereocenters. The van der Waals surface area contributed by atoms with Gasteiger partial charge in [0.25, 0.3) is 0 Å². The summed E-state index contributed by atoms with van der Waals surface area (Å²) in [7, 11) is -3.60. The second-order valence-electron chi connectivity index (χ2n) is 6.69. The van der Waals surface area contributed by atoms with Crippen molar-refractivity contribution in [3.05, 3.63) is 51.6 Å². The molecule has 0 atom stereocenters. The Hall–Kier alpha value is -2.14. The number of anilines is 1. The summed E-state index contributed by atoms with van der Waals surface area (Å²) in [5.74, 6) is 0. The van der Waals surface area contributed by atoms with E-state index in [0.29, 0.717) is 5.56 Å². The number of sulfone groups is 1. The minimum Gasteiger partial charge on any atom is -0.366 e. The van der Waals surface area contributed by atoms with Gasteiger partial charge in [0, 0.05) is 17.9 Å². The average molecular weight is 422 g/mol. The standard InChI is InChI=1S/C16H17F3N2O4S2/c1-15(2,9-10-4-6-11(7-5-10)16(17,18)19)20-14-12(21(22)23)8-13(26-14)27(3,24)25/h4-8,20H,9H2,1-3H3. The molecule has 27 heavy (non-hydrogen) atoms. The van der Waals surface area contributed by atoms with Crippen LogP contribution in [0.1, 0.15) is 25.0 Å². The van der Waals surface area contributed by atoms with Gasteiger partial charge in [-0.1, -0.05) is 23.5 Å². The molecule has 0 aliphatic heterocycles. The first-order valence-corrected chi connectivity index (χ1v) is 10.3. The van der Waals surface area contributed by atoms with Crippen molar-refractivity contribution in [2.24, 2.45) is 0 Å². The molecule has 0 bridgehead atoms. The molecule has 1 aromatic carbocycles. The van der Waals surface area contributed by atoms with E-state index < -0.39 is 32.0 Å². The van der Waals surface area contributed by atoms with Crippen LogP contribution in [-0.4, -0.2) is 25.1 Å². The molecule has 0 amide bonds. The van der Waals surface area contributed by atoms with Crippen molar-refractivity contribution in [3.63, 3.8) is 0 Å². The van der Waals surface area contributed by atoms with E-state index in [1.165, 1.54) is 12.1 Å². The maximum atomic E-state index is 12.6. The van der Waals surface area contributed by atoms with Crippen molar-refractivity contribution < 1.29 is 26.5 Å². The number of nitrogens with zero attached hydrogens (tertiary/aromatic N) is 1. The van der Waals surface area contributed by atoms with Crippen LogP contribution in [0, 0.1) is 10.1 Å². The van der Waals surface area contributed by atoms with Gasteiger partial charge >= 0.3 is 11.9 Å². The topological polar surface area (TPSA) is 89.3 Å². The number of halogens is 3. The number of nitro groups is 1. The van der Waals surface area contributed by atoms with Gasteiger partial charge in [0.1, 0.15) is 4.21 Å². The molecule has 0 fully saturated rings. The fraction of sp³-hybridized carbons (Fsp3) is 0.375. The Morgan fingerprint density at radius 2 is 1.74 bits per heavy atom. The van der Waals surface area contributed by atoms with Crippen LogP contribution in [0.3, 0.4) is 0 Å². The highest BCUT2D eigenvalue weighted by Crippen LogP contribution is 2.39. The summed E-state index contributed by atoms with van der Waals surface area (Å²) in [6.45, 7) is 3.43. The maximum absolute atomic E-state index is 12.6. The van der Waals surface area contributed by atoms with E-state index in [0.717, 1.165) is 35.8 Å². The molecule has 6 nitrogen and oxygen atoms in total. The molecule has 1 heterocycles. The summed E-state index contributed by atoms with van der Waals surface area (Å²) >= 11 is 0.749. The lowest BCUT2D eigenvalue weighted by molar-refractivity contribution is -0.383. The molecule has 0 aliphatic carbocycles. The number of benzene rings is 1. The van der Waals surface area contributed by atoms with Gasteiger partial charge in [0.05, 0.1) is 10.5 Å². The van der Waals surface area contributed by atoms with Crippen LogP contribution >= 0.6 is 11.3 Å². The molecule has 1 aromatic heterocycles. The van der Waals surface area contributed by atoms with Crippen LogP contribution in [0.2, 0.25) is 0 Å². The van der Waals surface area contributed by atoms with Crippen LogP contribution in [0.4, 0.5) is 23.9 Å². The highest BCUT2D eigenvalue weighted by Gasteiger charge is 2.31. The van der Waals surface area contributed by atoms with Crippen molar-refractivity contribution in [3.8, 4) is 0 Å². The van der Waals surface area contributed by atoms with E-state index in [2.05, 4.69) is 5.32 Å². The third-order valence-electron chi connectivity index (χ3n) is 3.63. The average Bonchev–Trinajstić information content (AvgIpc) is 2.89. The largest absolute Gasteiger partial charge is 0.416 e. The number of rotatable bonds is 6. The minimum atomic E-state index is -4.42. The first-order valence-electron chi connectivity index (χ1n) is 7.62. The lowest BCUT2D eigenvalue weighted by Gasteiger charge is -2.26. The number of nitrogens with one attached hydrogen (secondary N) is 1. The van der Waals surface area contributed by atoms with E-state index >= 15 is 0 Å². The number of alkyl halides is 3. The van der Waals surface area contributed by atoms with Gasteiger partial charge in [-0.15, -0.1) is 0 Å². The second kappa shape index (κ2) is 7.12. The molecule has 0 saturated heterocycles. The summed E-state index contributed by atoms with van der Waals surface area (Å²) in [4.78, 5) is 10.5. The van der Waals surface area contributed by atoms with E-state index in [-0.39, 0.29) is 21.3 Å². The third kappa shape index (κ3) is 5.42. The molecule has 0 saturated carbocycles. The second-order valence-corrected chi connectivity index (χ2v) is 9.98. The smallest absolute Gasteiger partial charge is 0.366 e. The van der Waals surface area contributed by atoms with Crippen LogP contribution in [0.5, 0.6) is 0 Å². The predicted octanol–water partition coefficient (Wildman–Crippen LogP) is 4.51. The van der Waals surface area contributed by atoms with Gasteiger partial charge in [-0.05, 0) is 38.0 Å². The molecule has 148 valence electrons. The Morgan fingerprint density at radius 3 is 2.19 bits per heavy atom. The molecule has 1 N–H and O–H groups in total. The van der Waals surface area contributed by atoms with E-state index in [1.807, 2.05) is 0 Å². The molecule has 2 aromatic rings. The molecular weight excluding hydrogens is 405 g/mol. The molecular formula is C16H17F3N2O4S2.